The highest BCUT2D eigenvalue weighted by atomic mass is 32.1. The van der Waals surface area contributed by atoms with Crippen molar-refractivity contribution in [1.82, 2.24) is 0 Å². The number of carbonyl (C=O) groups is 2. The standard InChI is InChI=1S/C24H25NO4S/c1-5-17-7-6-8-19(13-17)29-14-20(26)25-23-22(24(27)28-4)21(16(3)30-23)18-11-9-15(2)10-12-18/h6-13H,5,14H2,1-4H3,(H,25,26). The van der Waals surface area contributed by atoms with Crippen molar-refractivity contribution >= 4 is 28.2 Å². The van der Waals surface area contributed by atoms with Crippen molar-refractivity contribution in [2.75, 3.05) is 19.0 Å². The van der Waals surface area contributed by atoms with Gasteiger partial charge in [-0.1, -0.05) is 48.9 Å². The van der Waals surface area contributed by atoms with E-state index in [0.29, 0.717) is 16.3 Å². The van der Waals surface area contributed by atoms with Crippen LogP contribution in [-0.4, -0.2) is 25.6 Å². The Balaban J connectivity index is 1.82. The molecule has 5 nitrogen and oxygen atoms in total. The lowest BCUT2D eigenvalue weighted by molar-refractivity contribution is -0.118. The molecule has 1 aromatic heterocycles. The summed E-state index contributed by atoms with van der Waals surface area (Å²) in [6, 6.07) is 15.6. The van der Waals surface area contributed by atoms with Crippen LogP contribution in [0.2, 0.25) is 0 Å². The van der Waals surface area contributed by atoms with Gasteiger partial charge >= 0.3 is 5.97 Å². The second-order valence-electron chi connectivity index (χ2n) is 6.93. The maximum atomic E-state index is 12.5. The van der Waals surface area contributed by atoms with E-state index < -0.39 is 5.97 Å². The lowest BCUT2D eigenvalue weighted by Gasteiger charge is -2.10. The van der Waals surface area contributed by atoms with Gasteiger partial charge < -0.3 is 14.8 Å². The van der Waals surface area contributed by atoms with Gasteiger partial charge in [0.25, 0.3) is 5.91 Å². The number of hydrogen-bond acceptors (Lipinski definition) is 5. The number of hydrogen-bond donors (Lipinski definition) is 1. The number of methoxy groups -OCH3 is 1. The van der Waals surface area contributed by atoms with Crippen molar-refractivity contribution in [3.05, 3.63) is 70.1 Å². The van der Waals surface area contributed by atoms with Gasteiger partial charge in [0.1, 0.15) is 16.3 Å². The average molecular weight is 424 g/mol. The number of thiophene rings is 1. The fraction of sp³-hybridized carbons (Fsp3) is 0.250. The first-order valence-corrected chi connectivity index (χ1v) is 10.5. The third-order valence-electron chi connectivity index (χ3n) is 4.74. The van der Waals surface area contributed by atoms with Crippen LogP contribution in [0.1, 0.15) is 33.3 Å². The molecule has 0 aliphatic rings. The van der Waals surface area contributed by atoms with Gasteiger partial charge in [-0.05, 0) is 43.5 Å². The highest BCUT2D eigenvalue weighted by Gasteiger charge is 2.25. The van der Waals surface area contributed by atoms with Gasteiger partial charge in [-0.3, -0.25) is 4.79 Å². The van der Waals surface area contributed by atoms with E-state index in [1.807, 2.05) is 62.4 Å². The number of ether oxygens (including phenoxy) is 2. The zero-order chi connectivity index (χ0) is 21.7. The molecule has 0 aliphatic carbocycles. The van der Waals surface area contributed by atoms with Crippen LogP contribution >= 0.6 is 11.3 Å². The van der Waals surface area contributed by atoms with Crippen LogP contribution in [0.3, 0.4) is 0 Å². The van der Waals surface area contributed by atoms with Crippen LogP contribution in [0.25, 0.3) is 11.1 Å². The molecule has 0 spiro atoms. The largest absolute Gasteiger partial charge is 0.484 e. The van der Waals surface area contributed by atoms with Gasteiger partial charge in [-0.2, -0.15) is 0 Å². The minimum atomic E-state index is -0.484. The van der Waals surface area contributed by atoms with Crippen molar-refractivity contribution in [1.29, 1.82) is 0 Å². The van der Waals surface area contributed by atoms with Crippen molar-refractivity contribution < 1.29 is 19.1 Å². The fourth-order valence-electron chi connectivity index (χ4n) is 3.16. The van der Waals surface area contributed by atoms with Crippen LogP contribution in [-0.2, 0) is 16.0 Å². The Kier molecular flexibility index (Phi) is 6.90. The molecule has 0 aliphatic heterocycles. The van der Waals surface area contributed by atoms with E-state index >= 15 is 0 Å². The molecule has 0 saturated carbocycles. The van der Waals surface area contributed by atoms with E-state index in [9.17, 15) is 9.59 Å². The average Bonchev–Trinajstić information content (AvgIpc) is 3.07. The molecule has 2 aromatic carbocycles. The molecular formula is C24H25NO4S. The normalized spacial score (nSPS) is 10.5. The minimum Gasteiger partial charge on any atom is -0.484 e. The van der Waals surface area contributed by atoms with Gasteiger partial charge in [0.2, 0.25) is 0 Å². The highest BCUT2D eigenvalue weighted by Crippen LogP contribution is 2.40. The third kappa shape index (κ3) is 4.89. The van der Waals surface area contributed by atoms with E-state index in [2.05, 4.69) is 12.2 Å². The molecular weight excluding hydrogens is 398 g/mol. The minimum absolute atomic E-state index is 0.148. The van der Waals surface area contributed by atoms with E-state index in [-0.39, 0.29) is 12.5 Å². The monoisotopic (exact) mass is 423 g/mol. The number of benzene rings is 2. The number of nitrogens with one attached hydrogen (secondary N) is 1. The van der Waals surface area contributed by atoms with E-state index in [0.717, 1.165) is 33.6 Å². The molecule has 3 aromatic rings. The molecule has 156 valence electrons. The Bertz CT molecular complexity index is 1050. The van der Waals surface area contributed by atoms with Crippen molar-refractivity contribution in [3.63, 3.8) is 0 Å². The van der Waals surface area contributed by atoms with E-state index in [4.69, 9.17) is 9.47 Å². The van der Waals surface area contributed by atoms with Crippen molar-refractivity contribution in [2.24, 2.45) is 0 Å². The molecule has 0 saturated heterocycles. The van der Waals surface area contributed by atoms with Gasteiger partial charge in [0.15, 0.2) is 6.61 Å². The second kappa shape index (κ2) is 9.59. The molecule has 3 rings (SSSR count). The molecule has 1 amide bonds. The Morgan fingerprint density at radius 2 is 1.80 bits per heavy atom. The maximum absolute atomic E-state index is 12.5. The Hall–Kier alpha value is -3.12. The molecule has 1 heterocycles. The Morgan fingerprint density at radius 1 is 1.07 bits per heavy atom. The number of anilines is 1. The summed E-state index contributed by atoms with van der Waals surface area (Å²) in [5.74, 6) is -0.180. The molecule has 1 N–H and O–H groups in total. The fourth-order valence-corrected chi connectivity index (χ4v) is 4.24. The summed E-state index contributed by atoms with van der Waals surface area (Å²) >= 11 is 1.35. The van der Waals surface area contributed by atoms with Crippen LogP contribution in [0.15, 0.2) is 48.5 Å². The summed E-state index contributed by atoms with van der Waals surface area (Å²) in [6.07, 6.45) is 0.891. The lowest BCUT2D eigenvalue weighted by Crippen LogP contribution is -2.21. The summed E-state index contributed by atoms with van der Waals surface area (Å²) < 4.78 is 10.6. The third-order valence-corrected chi connectivity index (χ3v) is 5.76. The van der Waals surface area contributed by atoms with Gasteiger partial charge in [-0.15, -0.1) is 11.3 Å². The quantitative estimate of drug-likeness (QED) is 0.517. The first-order chi connectivity index (χ1) is 14.4. The SMILES string of the molecule is CCc1cccc(OCC(=O)Nc2sc(C)c(-c3ccc(C)cc3)c2C(=O)OC)c1. The summed E-state index contributed by atoms with van der Waals surface area (Å²) in [5.41, 5.74) is 4.31. The Labute approximate surface area is 180 Å². The number of rotatable bonds is 7. The number of aryl methyl sites for hydroxylation is 3. The topological polar surface area (TPSA) is 64.6 Å². The smallest absolute Gasteiger partial charge is 0.341 e. The molecule has 30 heavy (non-hydrogen) atoms. The summed E-state index contributed by atoms with van der Waals surface area (Å²) in [4.78, 5) is 26.0. The van der Waals surface area contributed by atoms with Gasteiger partial charge in [0.05, 0.1) is 7.11 Å². The molecule has 0 radical (unpaired) electrons. The molecule has 0 bridgehead atoms. The summed E-state index contributed by atoms with van der Waals surface area (Å²) in [7, 11) is 1.34. The maximum Gasteiger partial charge on any atom is 0.341 e. The first kappa shape index (κ1) is 21.6. The summed E-state index contributed by atoms with van der Waals surface area (Å²) in [5, 5.41) is 3.28. The van der Waals surface area contributed by atoms with Gasteiger partial charge in [0, 0.05) is 10.4 Å². The number of amides is 1. The number of carbonyl (C=O) groups excluding carboxylic acids is 2. The van der Waals surface area contributed by atoms with E-state index in [1.165, 1.54) is 18.4 Å². The second-order valence-corrected chi connectivity index (χ2v) is 8.16. The summed E-state index contributed by atoms with van der Waals surface area (Å²) in [6.45, 7) is 5.84. The van der Waals surface area contributed by atoms with Gasteiger partial charge in [-0.25, -0.2) is 4.79 Å². The zero-order valence-electron chi connectivity index (χ0n) is 17.6. The van der Waals surface area contributed by atoms with Crippen molar-refractivity contribution in [3.8, 4) is 16.9 Å². The van der Waals surface area contributed by atoms with Crippen LogP contribution < -0.4 is 10.1 Å². The Morgan fingerprint density at radius 3 is 2.47 bits per heavy atom. The molecule has 0 fully saturated rings. The predicted octanol–water partition coefficient (Wildman–Crippen LogP) is 5.40. The van der Waals surface area contributed by atoms with Crippen LogP contribution in [0, 0.1) is 13.8 Å². The highest BCUT2D eigenvalue weighted by molar-refractivity contribution is 7.17. The van der Waals surface area contributed by atoms with E-state index in [1.54, 1.807) is 0 Å². The molecule has 0 unspecified atom stereocenters. The lowest BCUT2D eigenvalue weighted by atomic mass is 10.0. The van der Waals surface area contributed by atoms with Crippen molar-refractivity contribution in [2.45, 2.75) is 27.2 Å². The zero-order valence-corrected chi connectivity index (χ0v) is 18.4. The van der Waals surface area contributed by atoms with Crippen LogP contribution in [0.5, 0.6) is 5.75 Å². The first-order valence-electron chi connectivity index (χ1n) is 9.73. The van der Waals surface area contributed by atoms with Crippen LogP contribution in [0.4, 0.5) is 5.00 Å². The predicted molar refractivity (Wildman–Crippen MR) is 121 cm³/mol. The number of esters is 1. The molecule has 6 heteroatoms. The molecule has 0 atom stereocenters.